The zero-order chi connectivity index (χ0) is 21.1. The lowest BCUT2D eigenvalue weighted by molar-refractivity contribution is 0.476. The number of hydrogen-bond donors (Lipinski definition) is 2. The number of hydrogen-bond acceptors (Lipinski definition) is 5. The van der Waals surface area contributed by atoms with E-state index < -0.39 is 0 Å². The van der Waals surface area contributed by atoms with Gasteiger partial charge in [0.05, 0.1) is 11.1 Å². The third-order valence-electron chi connectivity index (χ3n) is 5.09. The highest BCUT2D eigenvalue weighted by Gasteiger charge is 2.16. The van der Waals surface area contributed by atoms with Crippen molar-refractivity contribution in [1.82, 2.24) is 15.0 Å². The third kappa shape index (κ3) is 3.87. The first-order chi connectivity index (χ1) is 14.6. The molecule has 30 heavy (non-hydrogen) atoms. The fourth-order valence-corrected chi connectivity index (χ4v) is 3.31. The average molecular weight is 397 g/mol. The molecular formula is C25H23N3O2. The highest BCUT2D eigenvalue weighted by atomic mass is 16.3. The second kappa shape index (κ2) is 8.33. The van der Waals surface area contributed by atoms with Crippen molar-refractivity contribution in [2.75, 3.05) is 0 Å². The Balaban J connectivity index is 1.92. The standard InChI is InChI=1S/C25H23N3O2/c1-3-16-10-12-19(21(29)14-16)24-26-23(18-8-6-5-7-9-18)27-25(28-24)20-13-11-17(4-2)15-22(20)30/h5-15,29-30H,3-4H2,1-2H3. The molecule has 4 rings (SSSR count). The number of nitrogens with zero attached hydrogens (tertiary/aromatic N) is 3. The summed E-state index contributed by atoms with van der Waals surface area (Å²) in [4.78, 5) is 13.8. The number of rotatable bonds is 5. The minimum Gasteiger partial charge on any atom is -0.507 e. The molecule has 0 bridgehead atoms. The molecule has 4 aromatic rings. The quantitative estimate of drug-likeness (QED) is 0.471. The molecular weight excluding hydrogens is 374 g/mol. The predicted octanol–water partition coefficient (Wildman–Crippen LogP) is 5.41. The van der Waals surface area contributed by atoms with Crippen LogP contribution in [0.1, 0.15) is 25.0 Å². The van der Waals surface area contributed by atoms with Gasteiger partial charge in [0, 0.05) is 5.56 Å². The lowest BCUT2D eigenvalue weighted by Gasteiger charge is -2.11. The van der Waals surface area contributed by atoms with Gasteiger partial charge in [0.2, 0.25) is 0 Å². The molecule has 0 atom stereocenters. The number of aromatic hydroxyl groups is 2. The van der Waals surface area contributed by atoms with Crippen LogP contribution in [-0.4, -0.2) is 25.2 Å². The summed E-state index contributed by atoms with van der Waals surface area (Å²) in [7, 11) is 0. The van der Waals surface area contributed by atoms with Gasteiger partial charge in [-0.05, 0) is 48.2 Å². The molecule has 0 saturated heterocycles. The lowest BCUT2D eigenvalue weighted by atomic mass is 10.1. The molecule has 0 amide bonds. The molecule has 2 N–H and O–H groups in total. The Bertz CT molecular complexity index is 1120. The molecule has 5 heteroatoms. The van der Waals surface area contributed by atoms with Gasteiger partial charge in [-0.3, -0.25) is 0 Å². The summed E-state index contributed by atoms with van der Waals surface area (Å²) in [5.41, 5.74) is 3.94. The minimum atomic E-state index is 0.121. The van der Waals surface area contributed by atoms with Gasteiger partial charge in [0.25, 0.3) is 0 Å². The van der Waals surface area contributed by atoms with Crippen molar-refractivity contribution in [1.29, 1.82) is 0 Å². The summed E-state index contributed by atoms with van der Waals surface area (Å²) < 4.78 is 0. The van der Waals surface area contributed by atoms with Crippen molar-refractivity contribution in [3.63, 3.8) is 0 Å². The molecule has 3 aromatic carbocycles. The van der Waals surface area contributed by atoms with Crippen LogP contribution in [0, 0.1) is 0 Å². The Morgan fingerprint density at radius 1 is 0.600 bits per heavy atom. The topological polar surface area (TPSA) is 79.1 Å². The smallest absolute Gasteiger partial charge is 0.167 e. The monoisotopic (exact) mass is 397 g/mol. The van der Waals surface area contributed by atoms with E-state index in [2.05, 4.69) is 15.0 Å². The van der Waals surface area contributed by atoms with E-state index in [1.54, 1.807) is 12.1 Å². The van der Waals surface area contributed by atoms with Crippen molar-refractivity contribution in [3.05, 3.63) is 77.9 Å². The van der Waals surface area contributed by atoms with E-state index in [-0.39, 0.29) is 11.5 Å². The molecule has 0 spiro atoms. The Morgan fingerprint density at radius 3 is 1.50 bits per heavy atom. The number of phenolic OH excluding ortho intramolecular Hbond substituents is 2. The highest BCUT2D eigenvalue weighted by molar-refractivity contribution is 5.72. The first kappa shape index (κ1) is 19.6. The van der Waals surface area contributed by atoms with Gasteiger partial charge in [-0.15, -0.1) is 0 Å². The number of benzene rings is 3. The first-order valence-electron chi connectivity index (χ1n) is 10.0. The van der Waals surface area contributed by atoms with Crippen LogP contribution in [0.15, 0.2) is 66.7 Å². The van der Waals surface area contributed by atoms with Crippen LogP contribution in [0.25, 0.3) is 34.2 Å². The molecule has 0 aliphatic rings. The highest BCUT2D eigenvalue weighted by Crippen LogP contribution is 2.33. The second-order valence-electron chi connectivity index (χ2n) is 7.08. The van der Waals surface area contributed by atoms with E-state index in [0.29, 0.717) is 28.6 Å². The SMILES string of the molecule is CCc1ccc(-c2nc(-c3ccccc3)nc(-c3ccc(CC)cc3O)n2)c(O)c1. The van der Waals surface area contributed by atoms with Crippen molar-refractivity contribution in [2.24, 2.45) is 0 Å². The fraction of sp³-hybridized carbons (Fsp3) is 0.160. The van der Waals surface area contributed by atoms with E-state index in [1.807, 2.05) is 68.4 Å². The van der Waals surface area contributed by atoms with Gasteiger partial charge in [0.1, 0.15) is 11.5 Å². The summed E-state index contributed by atoms with van der Waals surface area (Å²) in [5.74, 6) is 1.44. The van der Waals surface area contributed by atoms with Crippen LogP contribution in [0.4, 0.5) is 0 Å². The fourth-order valence-electron chi connectivity index (χ4n) is 3.31. The van der Waals surface area contributed by atoms with E-state index in [1.165, 1.54) is 0 Å². The number of aryl methyl sites for hydroxylation is 2. The summed E-state index contributed by atoms with van der Waals surface area (Å²) in [6.07, 6.45) is 1.65. The number of aromatic nitrogens is 3. The predicted molar refractivity (Wildman–Crippen MR) is 118 cm³/mol. The van der Waals surface area contributed by atoms with Crippen LogP contribution < -0.4 is 0 Å². The zero-order valence-electron chi connectivity index (χ0n) is 17.0. The lowest BCUT2D eigenvalue weighted by Crippen LogP contribution is -2.01. The summed E-state index contributed by atoms with van der Waals surface area (Å²) in [6.45, 7) is 4.07. The van der Waals surface area contributed by atoms with Crippen molar-refractivity contribution >= 4 is 0 Å². The molecule has 1 aromatic heterocycles. The molecule has 0 saturated carbocycles. The van der Waals surface area contributed by atoms with E-state index in [0.717, 1.165) is 29.5 Å². The maximum absolute atomic E-state index is 10.6. The Kier molecular flexibility index (Phi) is 5.44. The summed E-state index contributed by atoms with van der Waals surface area (Å²) >= 11 is 0. The van der Waals surface area contributed by atoms with E-state index in [9.17, 15) is 10.2 Å². The second-order valence-corrected chi connectivity index (χ2v) is 7.08. The van der Waals surface area contributed by atoms with Gasteiger partial charge in [0.15, 0.2) is 17.5 Å². The van der Waals surface area contributed by atoms with Crippen LogP contribution in [0.3, 0.4) is 0 Å². The minimum absolute atomic E-state index is 0.121. The number of phenols is 2. The summed E-state index contributed by atoms with van der Waals surface area (Å²) in [5, 5.41) is 21.1. The first-order valence-corrected chi connectivity index (χ1v) is 10.0. The van der Waals surface area contributed by atoms with Gasteiger partial charge in [-0.25, -0.2) is 15.0 Å². The molecule has 5 nitrogen and oxygen atoms in total. The molecule has 1 heterocycles. The van der Waals surface area contributed by atoms with Gasteiger partial charge in [-0.1, -0.05) is 56.3 Å². The Hall–Kier alpha value is -3.73. The largest absolute Gasteiger partial charge is 0.507 e. The molecule has 0 fully saturated rings. The van der Waals surface area contributed by atoms with E-state index >= 15 is 0 Å². The van der Waals surface area contributed by atoms with Crippen LogP contribution in [0.5, 0.6) is 11.5 Å². The van der Waals surface area contributed by atoms with Gasteiger partial charge < -0.3 is 10.2 Å². The maximum atomic E-state index is 10.6. The normalized spacial score (nSPS) is 10.9. The Morgan fingerprint density at radius 2 is 1.07 bits per heavy atom. The van der Waals surface area contributed by atoms with Gasteiger partial charge in [-0.2, -0.15) is 0 Å². The zero-order valence-corrected chi connectivity index (χ0v) is 17.0. The van der Waals surface area contributed by atoms with Gasteiger partial charge >= 0.3 is 0 Å². The van der Waals surface area contributed by atoms with Crippen LogP contribution >= 0.6 is 0 Å². The molecule has 0 aliphatic heterocycles. The van der Waals surface area contributed by atoms with Crippen molar-refractivity contribution in [3.8, 4) is 45.7 Å². The molecule has 0 radical (unpaired) electrons. The molecule has 0 aliphatic carbocycles. The van der Waals surface area contributed by atoms with Crippen LogP contribution in [0.2, 0.25) is 0 Å². The maximum Gasteiger partial charge on any atom is 0.167 e. The van der Waals surface area contributed by atoms with Crippen molar-refractivity contribution in [2.45, 2.75) is 26.7 Å². The average Bonchev–Trinajstić information content (AvgIpc) is 2.79. The third-order valence-corrected chi connectivity index (χ3v) is 5.09. The van der Waals surface area contributed by atoms with Crippen molar-refractivity contribution < 1.29 is 10.2 Å². The Labute approximate surface area is 175 Å². The van der Waals surface area contributed by atoms with E-state index in [4.69, 9.17) is 0 Å². The molecule has 0 unspecified atom stereocenters. The van der Waals surface area contributed by atoms with Crippen LogP contribution in [-0.2, 0) is 12.8 Å². The molecule has 150 valence electrons. The summed E-state index contributed by atoms with van der Waals surface area (Å²) in [6, 6.07) is 20.6.